The second-order valence-corrected chi connectivity index (χ2v) is 7.54. The Kier molecular flexibility index (Phi) is 8.43. The third-order valence-corrected chi connectivity index (χ3v) is 5.08. The van der Waals surface area contributed by atoms with Gasteiger partial charge in [0.2, 0.25) is 0 Å². The topological polar surface area (TPSA) is 47.6 Å². The third kappa shape index (κ3) is 6.31. The zero-order chi connectivity index (χ0) is 18.8. The fourth-order valence-corrected chi connectivity index (χ4v) is 3.37. The Hall–Kier alpha value is -1.55. The Bertz CT molecular complexity index is 537. The van der Waals surface area contributed by atoms with E-state index in [2.05, 4.69) is 19.2 Å². The van der Waals surface area contributed by atoms with Crippen LogP contribution in [0.3, 0.4) is 0 Å². The van der Waals surface area contributed by atoms with Crippen LogP contribution in [0.5, 0.6) is 5.75 Å². The average molecular weight is 362 g/mol. The van der Waals surface area contributed by atoms with Crippen LogP contribution in [0.25, 0.3) is 0 Å². The summed E-state index contributed by atoms with van der Waals surface area (Å²) < 4.78 is 11.9. The standard InChI is InChI=1S/C22H35NO3/c1-4-6-9-16-22(3,25-17-5-2)21(24)23-18-12-14-20(15-13-18)26-19-10-7-8-11-19/h12-15,19H,4-11,16-17H2,1-3H3,(H,23,24)/t22-/m1/s1. The van der Waals surface area contributed by atoms with E-state index in [0.29, 0.717) is 12.7 Å². The molecule has 1 atom stereocenters. The molecule has 4 heteroatoms. The largest absolute Gasteiger partial charge is 0.490 e. The summed E-state index contributed by atoms with van der Waals surface area (Å²) in [5.41, 5.74) is 0.0140. The Morgan fingerprint density at radius 3 is 2.42 bits per heavy atom. The third-order valence-electron chi connectivity index (χ3n) is 5.08. The van der Waals surface area contributed by atoms with Gasteiger partial charge in [-0.25, -0.2) is 0 Å². The maximum atomic E-state index is 12.8. The van der Waals surface area contributed by atoms with Crippen LogP contribution in [0.1, 0.15) is 78.6 Å². The number of benzene rings is 1. The van der Waals surface area contributed by atoms with Crippen LogP contribution in [-0.4, -0.2) is 24.2 Å². The number of rotatable bonds is 11. The van der Waals surface area contributed by atoms with Crippen LogP contribution < -0.4 is 10.1 Å². The number of carbonyl (C=O) groups is 1. The summed E-state index contributed by atoms with van der Waals surface area (Å²) in [7, 11) is 0. The lowest BCUT2D eigenvalue weighted by Crippen LogP contribution is -2.43. The first-order chi connectivity index (χ1) is 12.6. The normalized spacial score (nSPS) is 17.0. The molecule has 1 amide bonds. The SMILES string of the molecule is CCCCC[C@@](C)(OCCC)C(=O)Nc1ccc(OC2CCCC2)cc1. The predicted octanol–water partition coefficient (Wildman–Crippen LogP) is 5.71. The van der Waals surface area contributed by atoms with Gasteiger partial charge < -0.3 is 14.8 Å². The summed E-state index contributed by atoms with van der Waals surface area (Å²) >= 11 is 0. The second-order valence-electron chi connectivity index (χ2n) is 7.54. The van der Waals surface area contributed by atoms with Gasteiger partial charge in [0.25, 0.3) is 5.91 Å². The first kappa shape index (κ1) is 20.8. The first-order valence-electron chi connectivity index (χ1n) is 10.3. The zero-order valence-electron chi connectivity index (χ0n) is 16.7. The van der Waals surface area contributed by atoms with Crippen LogP contribution in [0.15, 0.2) is 24.3 Å². The summed E-state index contributed by atoms with van der Waals surface area (Å²) in [4.78, 5) is 12.8. The van der Waals surface area contributed by atoms with Crippen molar-refractivity contribution in [2.75, 3.05) is 11.9 Å². The number of anilines is 1. The van der Waals surface area contributed by atoms with Crippen LogP contribution >= 0.6 is 0 Å². The van der Waals surface area contributed by atoms with Gasteiger partial charge in [-0.05, 0) is 69.7 Å². The van der Waals surface area contributed by atoms with Gasteiger partial charge in [-0.1, -0.05) is 33.1 Å². The van der Waals surface area contributed by atoms with Crippen molar-refractivity contribution in [3.8, 4) is 5.75 Å². The van der Waals surface area contributed by atoms with Gasteiger partial charge >= 0.3 is 0 Å². The van der Waals surface area contributed by atoms with Gasteiger partial charge in [0.1, 0.15) is 11.4 Å². The minimum Gasteiger partial charge on any atom is -0.490 e. The number of unbranched alkanes of at least 4 members (excludes halogenated alkanes) is 2. The summed E-state index contributed by atoms with van der Waals surface area (Å²) in [5.74, 6) is 0.814. The molecule has 1 aliphatic carbocycles. The highest BCUT2D eigenvalue weighted by molar-refractivity contribution is 5.97. The quantitative estimate of drug-likeness (QED) is 0.513. The van der Waals surface area contributed by atoms with Gasteiger partial charge in [-0.15, -0.1) is 0 Å². The minimum absolute atomic E-state index is 0.0634. The average Bonchev–Trinajstić information content (AvgIpc) is 3.15. The van der Waals surface area contributed by atoms with Gasteiger partial charge in [0.15, 0.2) is 0 Å². The molecule has 26 heavy (non-hydrogen) atoms. The monoisotopic (exact) mass is 361 g/mol. The minimum atomic E-state index is -0.774. The molecule has 1 aliphatic rings. The van der Waals surface area contributed by atoms with Crippen molar-refractivity contribution >= 4 is 11.6 Å². The predicted molar refractivity (Wildman–Crippen MR) is 107 cm³/mol. The molecule has 0 bridgehead atoms. The molecule has 146 valence electrons. The lowest BCUT2D eigenvalue weighted by atomic mass is 9.96. The smallest absolute Gasteiger partial charge is 0.256 e. The molecule has 1 aromatic rings. The lowest BCUT2D eigenvalue weighted by molar-refractivity contribution is -0.140. The molecule has 1 aromatic carbocycles. The molecule has 0 radical (unpaired) electrons. The Balaban J connectivity index is 1.93. The Labute approximate surface area is 158 Å². The van der Waals surface area contributed by atoms with Crippen molar-refractivity contribution in [1.82, 2.24) is 0 Å². The van der Waals surface area contributed by atoms with Crippen LogP contribution in [-0.2, 0) is 9.53 Å². The summed E-state index contributed by atoms with van der Waals surface area (Å²) in [6, 6.07) is 7.70. The highest BCUT2D eigenvalue weighted by atomic mass is 16.5. The van der Waals surface area contributed by atoms with E-state index >= 15 is 0 Å². The van der Waals surface area contributed by atoms with E-state index < -0.39 is 5.60 Å². The van der Waals surface area contributed by atoms with Crippen molar-refractivity contribution in [2.45, 2.75) is 90.3 Å². The van der Waals surface area contributed by atoms with E-state index in [0.717, 1.165) is 56.4 Å². The number of amides is 1. The molecule has 1 saturated carbocycles. The first-order valence-corrected chi connectivity index (χ1v) is 10.3. The van der Waals surface area contributed by atoms with Gasteiger partial charge in [0, 0.05) is 12.3 Å². The van der Waals surface area contributed by atoms with Crippen molar-refractivity contribution < 1.29 is 14.3 Å². The van der Waals surface area contributed by atoms with E-state index in [9.17, 15) is 4.79 Å². The molecule has 0 aromatic heterocycles. The van der Waals surface area contributed by atoms with E-state index in [1.54, 1.807) is 0 Å². The van der Waals surface area contributed by atoms with E-state index in [-0.39, 0.29) is 5.91 Å². The molecule has 4 nitrogen and oxygen atoms in total. The molecule has 1 fully saturated rings. The van der Waals surface area contributed by atoms with Crippen LogP contribution in [0, 0.1) is 0 Å². The van der Waals surface area contributed by atoms with Crippen molar-refractivity contribution in [2.24, 2.45) is 0 Å². The van der Waals surface area contributed by atoms with Crippen molar-refractivity contribution in [3.05, 3.63) is 24.3 Å². The van der Waals surface area contributed by atoms with Crippen LogP contribution in [0.4, 0.5) is 5.69 Å². The molecule has 0 unspecified atom stereocenters. The number of ether oxygens (including phenoxy) is 2. The second kappa shape index (κ2) is 10.6. The maximum absolute atomic E-state index is 12.8. The van der Waals surface area contributed by atoms with Gasteiger partial charge in [-0.3, -0.25) is 4.79 Å². The van der Waals surface area contributed by atoms with Gasteiger partial charge in [0.05, 0.1) is 6.10 Å². The number of hydrogen-bond donors (Lipinski definition) is 1. The van der Waals surface area contributed by atoms with Gasteiger partial charge in [-0.2, -0.15) is 0 Å². The molecular formula is C22H35NO3. The molecule has 0 heterocycles. The van der Waals surface area contributed by atoms with E-state index in [1.807, 2.05) is 31.2 Å². The number of hydrogen-bond acceptors (Lipinski definition) is 3. The Morgan fingerprint density at radius 2 is 1.81 bits per heavy atom. The highest BCUT2D eigenvalue weighted by Crippen LogP contribution is 2.26. The zero-order valence-corrected chi connectivity index (χ0v) is 16.7. The maximum Gasteiger partial charge on any atom is 0.256 e. The van der Waals surface area contributed by atoms with E-state index in [1.165, 1.54) is 12.8 Å². The summed E-state index contributed by atoms with van der Waals surface area (Å²) in [6.45, 7) is 6.74. The highest BCUT2D eigenvalue weighted by Gasteiger charge is 2.33. The van der Waals surface area contributed by atoms with E-state index in [4.69, 9.17) is 9.47 Å². The molecule has 1 N–H and O–H groups in total. The van der Waals surface area contributed by atoms with Crippen molar-refractivity contribution in [1.29, 1.82) is 0 Å². The Morgan fingerprint density at radius 1 is 1.12 bits per heavy atom. The fourth-order valence-electron chi connectivity index (χ4n) is 3.37. The number of carbonyl (C=O) groups excluding carboxylic acids is 1. The van der Waals surface area contributed by atoms with Crippen LogP contribution in [0.2, 0.25) is 0 Å². The molecule has 0 aliphatic heterocycles. The molecule has 2 rings (SSSR count). The van der Waals surface area contributed by atoms with Crippen molar-refractivity contribution in [3.63, 3.8) is 0 Å². The summed E-state index contributed by atoms with van der Waals surface area (Å²) in [5, 5.41) is 3.02. The lowest BCUT2D eigenvalue weighted by Gasteiger charge is -2.28. The number of nitrogens with one attached hydrogen (secondary N) is 1. The molecule has 0 spiro atoms. The molecule has 0 saturated heterocycles. The molecular weight excluding hydrogens is 326 g/mol. The summed E-state index contributed by atoms with van der Waals surface area (Å²) in [6.07, 6.45) is 10.0. The fraction of sp³-hybridized carbons (Fsp3) is 0.682.